The molecule has 0 N–H and O–H groups in total. The molecule has 1 heterocycles. The van der Waals surface area contributed by atoms with Gasteiger partial charge in [0.1, 0.15) is 4.32 Å². The Morgan fingerprint density at radius 1 is 1.42 bits per heavy atom. The minimum Gasteiger partial charge on any atom is -0.548 e. The maximum atomic E-state index is 12.0. The lowest BCUT2D eigenvalue weighted by Crippen LogP contribution is -2.40. The Bertz CT molecular complexity index is 578. The second kappa shape index (κ2) is 5.54. The molecule has 4 nitrogen and oxygen atoms in total. The molecule has 1 fully saturated rings. The van der Waals surface area contributed by atoms with Crippen molar-refractivity contribution in [2.75, 3.05) is 6.54 Å². The molecule has 0 aromatic heterocycles. The number of aliphatic carboxylic acids is 1. The topological polar surface area (TPSA) is 60.4 Å². The number of carbonyl (C=O) groups excluding carboxylic acids is 2. The highest BCUT2D eigenvalue weighted by molar-refractivity contribution is 8.26. The molecule has 0 spiro atoms. The highest BCUT2D eigenvalue weighted by atomic mass is 32.2. The second-order valence-electron chi connectivity index (χ2n) is 4.05. The molecule has 6 heteroatoms. The van der Waals surface area contributed by atoms with Crippen LogP contribution in [-0.4, -0.2) is 27.6 Å². The zero-order chi connectivity index (χ0) is 14.0. The highest BCUT2D eigenvalue weighted by Gasteiger charge is 2.31. The molecule has 0 radical (unpaired) electrons. The van der Waals surface area contributed by atoms with E-state index >= 15 is 0 Å². The Hall–Kier alpha value is -1.66. The minimum atomic E-state index is -1.33. The second-order valence-corrected chi connectivity index (χ2v) is 5.73. The van der Waals surface area contributed by atoms with Crippen LogP contribution >= 0.6 is 24.0 Å². The summed E-state index contributed by atoms with van der Waals surface area (Å²) in [6.07, 6.45) is 1.70. The number of thiocarbonyl (C=S) groups is 1. The first kappa shape index (κ1) is 13.8. The summed E-state index contributed by atoms with van der Waals surface area (Å²) in [5.74, 6) is -1.72. The van der Waals surface area contributed by atoms with Gasteiger partial charge in [-0.05, 0) is 18.6 Å². The predicted molar refractivity (Wildman–Crippen MR) is 76.1 cm³/mol. The molecule has 0 unspecified atom stereocenters. The van der Waals surface area contributed by atoms with E-state index < -0.39 is 12.5 Å². The van der Waals surface area contributed by atoms with Gasteiger partial charge in [-0.2, -0.15) is 0 Å². The fourth-order valence-electron chi connectivity index (χ4n) is 1.58. The number of benzene rings is 1. The van der Waals surface area contributed by atoms with Crippen molar-refractivity contribution < 1.29 is 14.7 Å². The van der Waals surface area contributed by atoms with Crippen LogP contribution in [0.5, 0.6) is 0 Å². The summed E-state index contributed by atoms with van der Waals surface area (Å²) >= 11 is 6.09. The number of hydrogen-bond donors (Lipinski definition) is 0. The van der Waals surface area contributed by atoms with Gasteiger partial charge in [-0.3, -0.25) is 9.69 Å². The van der Waals surface area contributed by atoms with Crippen molar-refractivity contribution in [2.45, 2.75) is 6.92 Å². The molecular formula is C13H10NO3S2-. The summed E-state index contributed by atoms with van der Waals surface area (Å²) < 4.78 is 0.243. The van der Waals surface area contributed by atoms with Gasteiger partial charge < -0.3 is 9.90 Å². The van der Waals surface area contributed by atoms with Crippen molar-refractivity contribution in [1.29, 1.82) is 0 Å². The lowest BCUT2D eigenvalue weighted by Gasteiger charge is -2.14. The maximum absolute atomic E-state index is 12.0. The molecule has 1 aromatic rings. The van der Waals surface area contributed by atoms with E-state index in [9.17, 15) is 14.7 Å². The van der Waals surface area contributed by atoms with Gasteiger partial charge in [0.2, 0.25) is 0 Å². The van der Waals surface area contributed by atoms with E-state index in [2.05, 4.69) is 0 Å². The Balaban J connectivity index is 2.23. The first-order chi connectivity index (χ1) is 8.97. The molecule has 0 atom stereocenters. The van der Waals surface area contributed by atoms with Crippen molar-refractivity contribution in [3.8, 4) is 0 Å². The predicted octanol–water partition coefficient (Wildman–Crippen LogP) is 0.946. The lowest BCUT2D eigenvalue weighted by molar-refractivity contribution is -0.305. The van der Waals surface area contributed by atoms with Gasteiger partial charge in [0.15, 0.2) is 0 Å². The van der Waals surface area contributed by atoms with E-state index in [-0.39, 0.29) is 10.2 Å². The molecule has 0 aliphatic carbocycles. The van der Waals surface area contributed by atoms with E-state index in [0.717, 1.165) is 27.8 Å². The summed E-state index contributed by atoms with van der Waals surface area (Å²) in [6.45, 7) is 1.47. The molecule has 1 aliphatic heterocycles. The zero-order valence-electron chi connectivity index (χ0n) is 10.1. The van der Waals surface area contributed by atoms with E-state index in [1.807, 2.05) is 31.2 Å². The normalized spacial score (nSPS) is 17.3. The van der Waals surface area contributed by atoms with Crippen LogP contribution in [0.3, 0.4) is 0 Å². The number of hydrogen-bond acceptors (Lipinski definition) is 5. The molecule has 0 saturated carbocycles. The molecule has 2 rings (SSSR count). The van der Waals surface area contributed by atoms with Crippen LogP contribution < -0.4 is 5.11 Å². The van der Waals surface area contributed by atoms with Crippen LogP contribution in [-0.2, 0) is 9.59 Å². The summed E-state index contributed by atoms with van der Waals surface area (Å²) in [5, 5.41) is 10.6. The summed E-state index contributed by atoms with van der Waals surface area (Å²) in [7, 11) is 0. The lowest BCUT2D eigenvalue weighted by atomic mass is 10.1. The number of thioether (sulfide) groups is 1. The number of rotatable bonds is 3. The maximum Gasteiger partial charge on any atom is 0.266 e. The van der Waals surface area contributed by atoms with E-state index in [4.69, 9.17) is 12.2 Å². The molecule has 1 saturated heterocycles. The third kappa shape index (κ3) is 3.21. The van der Waals surface area contributed by atoms with Crippen LogP contribution in [0.2, 0.25) is 0 Å². The van der Waals surface area contributed by atoms with Crippen LogP contribution in [0, 0.1) is 6.92 Å². The summed E-state index contributed by atoms with van der Waals surface area (Å²) in [5.41, 5.74) is 2.00. The summed E-state index contributed by atoms with van der Waals surface area (Å²) in [4.78, 5) is 24.0. The van der Waals surface area contributed by atoms with Crippen LogP contribution in [0.25, 0.3) is 6.08 Å². The first-order valence-corrected chi connectivity index (χ1v) is 6.72. The Kier molecular flexibility index (Phi) is 4.01. The Labute approximate surface area is 120 Å². The molecular weight excluding hydrogens is 282 g/mol. The van der Waals surface area contributed by atoms with Crippen molar-refractivity contribution >= 4 is 46.3 Å². The largest absolute Gasteiger partial charge is 0.548 e. The average molecular weight is 292 g/mol. The number of carboxylic acids is 1. The van der Waals surface area contributed by atoms with Crippen molar-refractivity contribution in [1.82, 2.24) is 4.90 Å². The zero-order valence-corrected chi connectivity index (χ0v) is 11.7. The molecule has 19 heavy (non-hydrogen) atoms. The van der Waals surface area contributed by atoms with Gasteiger partial charge in [-0.15, -0.1) is 0 Å². The van der Waals surface area contributed by atoms with Gasteiger partial charge in [-0.25, -0.2) is 0 Å². The first-order valence-electron chi connectivity index (χ1n) is 5.49. The molecule has 98 valence electrons. The van der Waals surface area contributed by atoms with Gasteiger partial charge in [-0.1, -0.05) is 53.8 Å². The average Bonchev–Trinajstić information content (AvgIpc) is 2.60. The number of amides is 1. The quantitative estimate of drug-likeness (QED) is 0.613. The molecule has 0 bridgehead atoms. The molecule has 1 aromatic carbocycles. The van der Waals surface area contributed by atoms with Crippen LogP contribution in [0.15, 0.2) is 29.2 Å². The number of aryl methyl sites for hydroxylation is 1. The minimum absolute atomic E-state index is 0.243. The smallest absolute Gasteiger partial charge is 0.266 e. The van der Waals surface area contributed by atoms with Gasteiger partial charge in [0, 0.05) is 0 Å². The number of carboxylic acid groups (broad SMARTS) is 1. The van der Waals surface area contributed by atoms with Gasteiger partial charge in [0.05, 0.1) is 17.4 Å². The van der Waals surface area contributed by atoms with Crippen LogP contribution in [0.4, 0.5) is 0 Å². The van der Waals surface area contributed by atoms with E-state index in [1.54, 1.807) is 6.08 Å². The van der Waals surface area contributed by atoms with Crippen molar-refractivity contribution in [3.05, 3.63) is 40.3 Å². The van der Waals surface area contributed by atoms with E-state index in [0.29, 0.717) is 4.91 Å². The van der Waals surface area contributed by atoms with E-state index in [1.165, 1.54) is 0 Å². The Morgan fingerprint density at radius 2 is 2.05 bits per heavy atom. The monoisotopic (exact) mass is 292 g/mol. The van der Waals surface area contributed by atoms with Crippen molar-refractivity contribution in [3.63, 3.8) is 0 Å². The number of nitrogens with zero attached hydrogens (tertiary/aromatic N) is 1. The highest BCUT2D eigenvalue weighted by Crippen LogP contribution is 2.32. The SMILES string of the molecule is Cc1ccc(/C=C2/SC(=S)N(CC(=O)[O-])C2=O)cc1. The summed E-state index contributed by atoms with van der Waals surface area (Å²) in [6, 6.07) is 7.66. The molecule has 1 amide bonds. The molecule has 1 aliphatic rings. The van der Waals surface area contributed by atoms with Crippen LogP contribution in [0.1, 0.15) is 11.1 Å². The standard InChI is InChI=1S/C13H11NO3S2/c1-8-2-4-9(5-3-8)6-10-12(17)14(7-11(15)16)13(18)19-10/h2-6H,7H2,1H3,(H,15,16)/p-1/b10-6+. The fourth-order valence-corrected chi connectivity index (χ4v) is 2.83. The third-order valence-electron chi connectivity index (χ3n) is 2.54. The van der Waals surface area contributed by atoms with Gasteiger partial charge in [0.25, 0.3) is 5.91 Å². The fraction of sp³-hybridized carbons (Fsp3) is 0.154. The Morgan fingerprint density at radius 3 is 2.63 bits per heavy atom. The number of carbonyl (C=O) groups is 2. The third-order valence-corrected chi connectivity index (χ3v) is 3.91. The van der Waals surface area contributed by atoms with Crippen molar-refractivity contribution in [2.24, 2.45) is 0 Å². The van der Waals surface area contributed by atoms with Gasteiger partial charge >= 0.3 is 0 Å².